The van der Waals surface area contributed by atoms with Crippen LogP contribution in [0.5, 0.6) is 11.5 Å². The number of carbonyl (C=O) groups is 2. The molecule has 4 rings (SSSR count). The molecule has 2 aliphatic rings. The summed E-state index contributed by atoms with van der Waals surface area (Å²) in [6.45, 7) is 5.37. The number of aliphatic hydroxyl groups excluding tert-OH is 1. The number of methoxy groups -OCH3 is 2. The van der Waals surface area contributed by atoms with E-state index in [0.717, 1.165) is 18.7 Å². The van der Waals surface area contributed by atoms with Crippen LogP contribution in [0.2, 0.25) is 0 Å². The Morgan fingerprint density at radius 2 is 1.77 bits per heavy atom. The van der Waals surface area contributed by atoms with Gasteiger partial charge in [-0.3, -0.25) is 14.5 Å². The van der Waals surface area contributed by atoms with Crippen molar-refractivity contribution < 1.29 is 33.3 Å². The molecule has 0 radical (unpaired) electrons. The number of ketones is 1. The van der Waals surface area contributed by atoms with Crippen LogP contribution in [-0.2, 0) is 14.3 Å². The van der Waals surface area contributed by atoms with Crippen molar-refractivity contribution in [2.24, 2.45) is 0 Å². The van der Waals surface area contributed by atoms with Crippen molar-refractivity contribution in [3.05, 3.63) is 64.5 Å². The van der Waals surface area contributed by atoms with Crippen molar-refractivity contribution in [1.29, 1.82) is 0 Å². The van der Waals surface area contributed by atoms with Gasteiger partial charge in [0, 0.05) is 31.7 Å². The number of benzene rings is 2. The molecule has 0 aromatic heterocycles. The fourth-order valence-electron chi connectivity index (χ4n) is 4.63. The molecule has 186 valence electrons. The number of aliphatic hydroxyl groups is 1. The molecule has 35 heavy (non-hydrogen) atoms. The Balaban J connectivity index is 1.81. The Kier molecular flexibility index (Phi) is 7.37. The third-order valence-corrected chi connectivity index (χ3v) is 6.42. The highest BCUT2D eigenvalue weighted by molar-refractivity contribution is 6.46. The third kappa shape index (κ3) is 4.87. The van der Waals surface area contributed by atoms with E-state index in [4.69, 9.17) is 14.2 Å². The van der Waals surface area contributed by atoms with Crippen LogP contribution in [0.25, 0.3) is 5.76 Å². The van der Waals surface area contributed by atoms with E-state index in [9.17, 15) is 19.1 Å². The number of likely N-dealkylation sites (tertiary alicyclic amines) is 1. The molecule has 1 N–H and O–H groups in total. The van der Waals surface area contributed by atoms with Gasteiger partial charge < -0.3 is 24.2 Å². The molecule has 0 bridgehead atoms. The number of Topliss-reactive ketones (excluding diaryl/α,β-unsaturated/α-hetero) is 1. The predicted octanol–water partition coefficient (Wildman–Crippen LogP) is 2.91. The van der Waals surface area contributed by atoms with Crippen molar-refractivity contribution in [2.45, 2.75) is 13.0 Å². The fraction of sp³-hybridized carbons (Fsp3) is 0.385. The summed E-state index contributed by atoms with van der Waals surface area (Å²) in [5.41, 5.74) is 1.56. The quantitative estimate of drug-likeness (QED) is 0.367. The summed E-state index contributed by atoms with van der Waals surface area (Å²) in [6.07, 6.45) is 0. The molecule has 8 nitrogen and oxygen atoms in total. The summed E-state index contributed by atoms with van der Waals surface area (Å²) in [6, 6.07) is 7.82. The van der Waals surface area contributed by atoms with Gasteiger partial charge in [-0.25, -0.2) is 4.39 Å². The third-order valence-electron chi connectivity index (χ3n) is 6.42. The Labute approximate surface area is 203 Å². The van der Waals surface area contributed by atoms with Gasteiger partial charge in [0.25, 0.3) is 11.7 Å². The van der Waals surface area contributed by atoms with E-state index < -0.39 is 23.5 Å². The van der Waals surface area contributed by atoms with Gasteiger partial charge in [0.15, 0.2) is 11.5 Å². The summed E-state index contributed by atoms with van der Waals surface area (Å²) in [4.78, 5) is 30.1. The van der Waals surface area contributed by atoms with E-state index in [1.165, 1.54) is 43.4 Å². The molecule has 2 aliphatic heterocycles. The van der Waals surface area contributed by atoms with Gasteiger partial charge in [-0.1, -0.05) is 0 Å². The van der Waals surface area contributed by atoms with Crippen LogP contribution in [0.4, 0.5) is 4.39 Å². The zero-order valence-electron chi connectivity index (χ0n) is 20.0. The standard InChI is InChI=1S/C26H29FN2O6/c1-16-14-18(15-20(33-2)25(16)34-3)22-21(23(30)17-4-6-19(27)7-5-17)24(31)26(32)29(22)9-8-28-10-12-35-13-11-28/h4-7,14-15,22,30H,8-13H2,1-3H3. The van der Waals surface area contributed by atoms with Crippen molar-refractivity contribution in [1.82, 2.24) is 9.80 Å². The molecular weight excluding hydrogens is 455 g/mol. The van der Waals surface area contributed by atoms with Gasteiger partial charge >= 0.3 is 0 Å². The van der Waals surface area contributed by atoms with Gasteiger partial charge in [0.2, 0.25) is 0 Å². The lowest BCUT2D eigenvalue weighted by atomic mass is 9.93. The number of nitrogens with zero attached hydrogens (tertiary/aromatic N) is 2. The van der Waals surface area contributed by atoms with Gasteiger partial charge in [0.1, 0.15) is 11.6 Å². The average Bonchev–Trinajstić information content (AvgIpc) is 3.12. The van der Waals surface area contributed by atoms with Crippen molar-refractivity contribution in [3.63, 3.8) is 0 Å². The first-order valence-corrected chi connectivity index (χ1v) is 11.4. The highest BCUT2D eigenvalue weighted by Gasteiger charge is 2.46. The maximum absolute atomic E-state index is 13.5. The van der Waals surface area contributed by atoms with Crippen molar-refractivity contribution in [2.75, 3.05) is 53.6 Å². The highest BCUT2D eigenvalue weighted by atomic mass is 19.1. The van der Waals surface area contributed by atoms with E-state index in [0.29, 0.717) is 36.8 Å². The molecular formula is C26H29FN2O6. The highest BCUT2D eigenvalue weighted by Crippen LogP contribution is 2.43. The van der Waals surface area contributed by atoms with E-state index in [1.807, 2.05) is 13.0 Å². The second-order valence-corrected chi connectivity index (χ2v) is 8.53. The number of amides is 1. The topological polar surface area (TPSA) is 88.5 Å². The molecule has 2 aromatic rings. The molecule has 1 atom stereocenters. The monoisotopic (exact) mass is 484 g/mol. The van der Waals surface area contributed by atoms with Crippen molar-refractivity contribution in [3.8, 4) is 11.5 Å². The molecule has 2 saturated heterocycles. The number of morpholine rings is 1. The fourth-order valence-corrected chi connectivity index (χ4v) is 4.63. The van der Waals surface area contributed by atoms with Gasteiger partial charge in [-0.15, -0.1) is 0 Å². The molecule has 1 amide bonds. The normalized spacial score (nSPS) is 20.3. The minimum atomic E-state index is -0.848. The largest absolute Gasteiger partial charge is 0.507 e. The number of ether oxygens (including phenoxy) is 3. The second-order valence-electron chi connectivity index (χ2n) is 8.53. The molecule has 2 fully saturated rings. The lowest BCUT2D eigenvalue weighted by Crippen LogP contribution is -2.42. The maximum atomic E-state index is 13.5. The Hall–Kier alpha value is -3.43. The number of halogens is 1. The lowest BCUT2D eigenvalue weighted by Gasteiger charge is -2.31. The summed E-state index contributed by atoms with van der Waals surface area (Å²) >= 11 is 0. The Bertz CT molecular complexity index is 1140. The number of hydrogen-bond acceptors (Lipinski definition) is 7. The van der Waals surface area contributed by atoms with Crippen LogP contribution >= 0.6 is 0 Å². The first-order valence-electron chi connectivity index (χ1n) is 11.4. The van der Waals surface area contributed by atoms with Crippen LogP contribution in [0.3, 0.4) is 0 Å². The smallest absolute Gasteiger partial charge is 0.295 e. The van der Waals surface area contributed by atoms with E-state index in [-0.39, 0.29) is 23.4 Å². The molecule has 2 aromatic carbocycles. The lowest BCUT2D eigenvalue weighted by molar-refractivity contribution is -0.140. The first kappa shape index (κ1) is 24.7. The van der Waals surface area contributed by atoms with Crippen LogP contribution in [0, 0.1) is 12.7 Å². The number of carbonyl (C=O) groups excluding carboxylic acids is 2. The summed E-state index contributed by atoms with van der Waals surface area (Å²) in [7, 11) is 3.04. The average molecular weight is 485 g/mol. The van der Waals surface area contributed by atoms with Crippen LogP contribution in [-0.4, -0.2) is 80.2 Å². The zero-order chi connectivity index (χ0) is 25.1. The van der Waals surface area contributed by atoms with E-state index >= 15 is 0 Å². The number of aryl methyl sites for hydroxylation is 1. The Morgan fingerprint density at radius 3 is 2.40 bits per heavy atom. The van der Waals surface area contributed by atoms with Crippen molar-refractivity contribution >= 4 is 17.4 Å². The second kappa shape index (κ2) is 10.5. The Morgan fingerprint density at radius 1 is 1.09 bits per heavy atom. The molecule has 2 heterocycles. The van der Waals surface area contributed by atoms with Crippen LogP contribution in [0.1, 0.15) is 22.7 Å². The van der Waals surface area contributed by atoms with Crippen LogP contribution < -0.4 is 9.47 Å². The van der Waals surface area contributed by atoms with Crippen LogP contribution in [0.15, 0.2) is 42.0 Å². The van der Waals surface area contributed by atoms with Gasteiger partial charge in [0.05, 0.1) is 39.0 Å². The van der Waals surface area contributed by atoms with E-state index in [2.05, 4.69) is 4.90 Å². The summed E-state index contributed by atoms with van der Waals surface area (Å²) in [5.74, 6) is -1.32. The summed E-state index contributed by atoms with van der Waals surface area (Å²) in [5, 5.41) is 11.1. The molecule has 9 heteroatoms. The number of rotatable bonds is 7. The van der Waals surface area contributed by atoms with Gasteiger partial charge in [-0.2, -0.15) is 0 Å². The zero-order valence-corrected chi connectivity index (χ0v) is 20.0. The number of hydrogen-bond donors (Lipinski definition) is 1. The molecule has 0 aliphatic carbocycles. The molecule has 0 saturated carbocycles. The molecule has 1 unspecified atom stereocenters. The first-order chi connectivity index (χ1) is 16.8. The SMILES string of the molecule is COc1cc(C2C(=C(O)c3ccc(F)cc3)C(=O)C(=O)N2CCN2CCOCC2)cc(C)c1OC. The predicted molar refractivity (Wildman–Crippen MR) is 127 cm³/mol. The summed E-state index contributed by atoms with van der Waals surface area (Å²) < 4.78 is 29.8. The minimum absolute atomic E-state index is 0.0461. The van der Waals surface area contributed by atoms with Gasteiger partial charge in [-0.05, 0) is 54.4 Å². The maximum Gasteiger partial charge on any atom is 0.295 e. The minimum Gasteiger partial charge on any atom is -0.507 e. The van der Waals surface area contributed by atoms with E-state index in [1.54, 1.807) is 6.07 Å². The molecule has 0 spiro atoms.